The molecule has 6 aliphatic heterocycles. The van der Waals surface area contributed by atoms with Crippen LogP contribution in [0.1, 0.15) is 115 Å². The van der Waals surface area contributed by atoms with Gasteiger partial charge >= 0.3 is 0 Å². The summed E-state index contributed by atoms with van der Waals surface area (Å²) >= 11 is 0. The number of ketones is 1. The van der Waals surface area contributed by atoms with E-state index in [0.717, 1.165) is 49.7 Å². The van der Waals surface area contributed by atoms with E-state index in [1.54, 1.807) is 0 Å². The normalized spacial score (nSPS) is 37.0. The van der Waals surface area contributed by atoms with Crippen molar-refractivity contribution in [2.75, 3.05) is 13.1 Å². The Labute approximate surface area is 271 Å². The highest BCUT2D eigenvalue weighted by atomic mass is 16.3. The van der Waals surface area contributed by atoms with Crippen LogP contribution in [-0.2, 0) is 16.0 Å². The molecule has 6 atom stereocenters. The lowest BCUT2D eigenvalue weighted by Crippen LogP contribution is -2.49. The lowest BCUT2D eigenvalue weighted by Gasteiger charge is -2.44. The highest BCUT2D eigenvalue weighted by Gasteiger charge is 2.48. The minimum atomic E-state index is -0.586. The number of Topliss-reactive ketones (excluding diaryl/α,β-unsaturated/α-hetero) is 1. The summed E-state index contributed by atoms with van der Waals surface area (Å²) in [6.45, 7) is 6.86. The van der Waals surface area contributed by atoms with Crippen molar-refractivity contribution in [2.45, 2.75) is 151 Å². The van der Waals surface area contributed by atoms with E-state index in [1.165, 1.54) is 64.5 Å². The summed E-state index contributed by atoms with van der Waals surface area (Å²) in [7, 11) is 0. The van der Waals surface area contributed by atoms with Gasteiger partial charge in [-0.15, -0.1) is 0 Å². The summed E-state index contributed by atoms with van der Waals surface area (Å²) < 4.78 is 0. The fraction of sp³-hybridized carbons (Fsp3) is 0.667. The number of benzene rings is 2. The maximum Gasteiger partial charge on any atom is 0.136 e. The first-order chi connectivity index (χ1) is 21.8. The monoisotopic (exact) mass is 615 g/mol. The van der Waals surface area contributed by atoms with E-state index in [2.05, 4.69) is 41.1 Å². The summed E-state index contributed by atoms with van der Waals surface area (Å²) in [6.07, 6.45) is 15.2. The predicted molar refractivity (Wildman–Crippen MR) is 181 cm³/mol. The molecule has 6 fully saturated rings. The van der Waals surface area contributed by atoms with Gasteiger partial charge in [0.2, 0.25) is 0 Å². The molecule has 6 bridgehead atoms. The number of carbonyl (C=O) groups excluding carboxylic acids is 1. The van der Waals surface area contributed by atoms with Crippen LogP contribution in [0.3, 0.4) is 0 Å². The molecule has 0 aromatic heterocycles. The lowest BCUT2D eigenvalue weighted by atomic mass is 9.80. The number of fused-ring (bicyclic) bond motifs is 6. The Morgan fingerprint density at radius 1 is 0.622 bits per heavy atom. The Hall–Kier alpha value is -2.09. The second-order valence-corrected chi connectivity index (χ2v) is 14.9. The number of hydrogen-bond donors (Lipinski definition) is 3. The van der Waals surface area contributed by atoms with Gasteiger partial charge in [0.1, 0.15) is 5.78 Å². The van der Waals surface area contributed by atoms with Gasteiger partial charge in [0.15, 0.2) is 0 Å². The number of rotatable bonds is 6. The Bertz CT molecular complexity index is 1200. The summed E-state index contributed by atoms with van der Waals surface area (Å²) in [5.41, 5.74) is 1.02. The molecule has 6 saturated heterocycles. The molecule has 0 spiro atoms. The van der Waals surface area contributed by atoms with Crippen LogP contribution in [0.4, 0.5) is 0 Å². The van der Waals surface area contributed by atoms with Gasteiger partial charge in [0.25, 0.3) is 0 Å². The summed E-state index contributed by atoms with van der Waals surface area (Å²) in [5.74, 6) is 0.495. The lowest BCUT2D eigenvalue weighted by molar-refractivity contribution is -0.123. The molecular formula is C39H57N3O3. The second kappa shape index (κ2) is 14.4. The third kappa shape index (κ3) is 7.41. The molecule has 246 valence electrons. The minimum absolute atomic E-state index is 0.495. The maximum atomic E-state index is 11.2. The largest absolute Gasteiger partial charge is 0.385 e. The van der Waals surface area contributed by atoms with Crippen LogP contribution >= 0.6 is 0 Å². The first-order valence-corrected chi connectivity index (χ1v) is 18.1. The molecular weight excluding hydrogens is 558 g/mol. The molecule has 0 saturated carbocycles. The van der Waals surface area contributed by atoms with Crippen LogP contribution in [0, 0.1) is 0 Å². The topological polar surface area (TPSA) is 76.0 Å². The van der Waals surface area contributed by atoms with Crippen LogP contribution < -0.4 is 5.32 Å². The van der Waals surface area contributed by atoms with E-state index in [4.69, 9.17) is 0 Å². The average Bonchev–Trinajstić information content (AvgIpc) is 3.61. The van der Waals surface area contributed by atoms with E-state index in [9.17, 15) is 15.0 Å². The average molecular weight is 616 g/mol. The Morgan fingerprint density at radius 3 is 1.47 bits per heavy atom. The molecule has 0 amide bonds. The number of piperidine rings is 3. The summed E-state index contributed by atoms with van der Waals surface area (Å²) in [4.78, 5) is 16.4. The van der Waals surface area contributed by atoms with Crippen LogP contribution in [0.15, 0.2) is 60.7 Å². The molecule has 6 heteroatoms. The Kier molecular flexibility index (Phi) is 10.5. The highest BCUT2D eigenvalue weighted by Crippen LogP contribution is 2.45. The number of nitrogens with zero attached hydrogens (tertiary/aromatic N) is 2. The van der Waals surface area contributed by atoms with Gasteiger partial charge in [0.05, 0.1) is 11.2 Å². The smallest absolute Gasteiger partial charge is 0.136 e. The molecule has 8 rings (SSSR count). The molecule has 45 heavy (non-hydrogen) atoms. The predicted octanol–water partition coefficient (Wildman–Crippen LogP) is 6.29. The molecule has 0 radical (unpaired) electrons. The van der Waals surface area contributed by atoms with Crippen molar-refractivity contribution in [3.63, 3.8) is 0 Å². The molecule has 6 nitrogen and oxygen atoms in total. The van der Waals surface area contributed by atoms with Crippen LogP contribution in [0.25, 0.3) is 0 Å². The van der Waals surface area contributed by atoms with E-state index >= 15 is 0 Å². The second-order valence-electron chi connectivity index (χ2n) is 14.9. The zero-order valence-electron chi connectivity index (χ0n) is 27.7. The van der Waals surface area contributed by atoms with Crippen LogP contribution in [0.2, 0.25) is 0 Å². The van der Waals surface area contributed by atoms with E-state index < -0.39 is 11.2 Å². The molecule has 2 aromatic rings. The third-order valence-corrected chi connectivity index (χ3v) is 11.7. The van der Waals surface area contributed by atoms with Crippen molar-refractivity contribution in [1.29, 1.82) is 0 Å². The van der Waals surface area contributed by atoms with E-state index in [-0.39, 0.29) is 0 Å². The fourth-order valence-corrected chi connectivity index (χ4v) is 9.72. The zero-order valence-corrected chi connectivity index (χ0v) is 27.7. The number of aliphatic hydroxyl groups is 2. The van der Waals surface area contributed by atoms with Gasteiger partial charge in [-0.2, -0.15) is 0 Å². The van der Waals surface area contributed by atoms with Crippen molar-refractivity contribution in [1.82, 2.24) is 15.1 Å². The van der Waals surface area contributed by atoms with Crippen LogP contribution in [0.5, 0.6) is 0 Å². The van der Waals surface area contributed by atoms with E-state index in [0.29, 0.717) is 42.0 Å². The zero-order chi connectivity index (χ0) is 31.4. The Balaban J connectivity index is 0.000000122. The summed E-state index contributed by atoms with van der Waals surface area (Å²) in [6, 6.07) is 23.8. The van der Waals surface area contributed by atoms with Gasteiger partial charge < -0.3 is 15.5 Å². The van der Waals surface area contributed by atoms with Crippen LogP contribution in [-0.4, -0.2) is 75.1 Å². The number of nitrogens with one attached hydrogen (secondary N) is 1. The van der Waals surface area contributed by atoms with Gasteiger partial charge in [-0.05, 0) is 101 Å². The minimum Gasteiger partial charge on any atom is -0.385 e. The van der Waals surface area contributed by atoms with Crippen molar-refractivity contribution in [3.05, 3.63) is 71.8 Å². The third-order valence-electron chi connectivity index (χ3n) is 11.7. The van der Waals surface area contributed by atoms with Gasteiger partial charge in [0, 0.05) is 49.1 Å². The number of hydrogen-bond acceptors (Lipinski definition) is 6. The van der Waals surface area contributed by atoms with Gasteiger partial charge in [-0.25, -0.2) is 0 Å². The highest BCUT2D eigenvalue weighted by molar-refractivity contribution is 5.80. The van der Waals surface area contributed by atoms with Gasteiger partial charge in [-0.1, -0.05) is 74.5 Å². The first kappa shape index (κ1) is 32.8. The van der Waals surface area contributed by atoms with Gasteiger partial charge in [-0.3, -0.25) is 14.6 Å². The quantitative estimate of drug-likeness (QED) is 0.355. The molecule has 3 N–H and O–H groups in total. The van der Waals surface area contributed by atoms with Crippen molar-refractivity contribution in [3.8, 4) is 0 Å². The molecule has 6 aliphatic rings. The number of carbonyl (C=O) groups is 1. The van der Waals surface area contributed by atoms with Crippen molar-refractivity contribution < 1.29 is 15.0 Å². The van der Waals surface area contributed by atoms with E-state index in [1.807, 2.05) is 48.5 Å². The molecule has 2 aromatic carbocycles. The standard InChI is InChI=1S/C16H23NO.C13H17NO.C10H17NO/c1-2-10-17-14-8-9-15(17)12-16(18,11-14)13-6-4-3-5-7-13;15-13(10-4-2-1-3-5-10)8-11-6-7-12(9-13)14-11;1-2-5-11-8-3-4-9(11)7-10(12)6-8/h3-7,14-15,18H,2,8-12H2,1H3;1-5,11-12,14-15H,6-9H2;8-9H,2-7H2,1H3. The SMILES string of the molecule is CCCN1C2CCC1CC(=O)C2.CCCN1C2CCC1CC(O)(c1ccccc1)C2.OC1(c2ccccc2)CC2CCC(C1)N2. The molecule has 6 heterocycles. The molecule has 6 unspecified atom stereocenters. The first-order valence-electron chi connectivity index (χ1n) is 18.1. The Morgan fingerprint density at radius 2 is 1.02 bits per heavy atom. The van der Waals surface area contributed by atoms with Crippen molar-refractivity contribution in [2.24, 2.45) is 0 Å². The fourth-order valence-electron chi connectivity index (χ4n) is 9.72. The molecule has 0 aliphatic carbocycles. The summed E-state index contributed by atoms with van der Waals surface area (Å²) in [5, 5.41) is 25.2. The van der Waals surface area contributed by atoms with Crippen molar-refractivity contribution >= 4 is 5.78 Å². The maximum absolute atomic E-state index is 11.2.